The molecule has 2 aromatic rings. The van der Waals surface area contributed by atoms with Crippen LogP contribution in [-0.2, 0) is 11.2 Å². The van der Waals surface area contributed by atoms with Gasteiger partial charge in [0.1, 0.15) is 0 Å². The van der Waals surface area contributed by atoms with Gasteiger partial charge in [0.25, 0.3) is 0 Å². The van der Waals surface area contributed by atoms with Crippen LogP contribution in [-0.4, -0.2) is 49.3 Å². The van der Waals surface area contributed by atoms with Gasteiger partial charge in [-0.05, 0) is 18.2 Å². The van der Waals surface area contributed by atoms with Crippen LogP contribution in [0.2, 0.25) is 0 Å². The van der Waals surface area contributed by atoms with E-state index in [1.807, 2.05) is 6.07 Å². The minimum Gasteiger partial charge on any atom is -0.493 e. The summed E-state index contributed by atoms with van der Waals surface area (Å²) in [5, 5.41) is 13.5. The summed E-state index contributed by atoms with van der Waals surface area (Å²) in [6.07, 6.45) is -0.428. The van der Waals surface area contributed by atoms with Crippen LogP contribution in [0.25, 0.3) is 11.4 Å². The fourth-order valence-electron chi connectivity index (χ4n) is 1.88. The number of hydrogen-bond donors (Lipinski definition) is 1. The first-order chi connectivity index (χ1) is 10.2. The van der Waals surface area contributed by atoms with Crippen LogP contribution in [0.1, 0.15) is 5.89 Å². The van der Waals surface area contributed by atoms with Gasteiger partial charge < -0.3 is 23.8 Å². The van der Waals surface area contributed by atoms with Gasteiger partial charge in [0.05, 0.1) is 33.4 Å². The summed E-state index contributed by atoms with van der Waals surface area (Å²) in [4.78, 5) is 4.24. The van der Waals surface area contributed by atoms with E-state index >= 15 is 0 Å². The third kappa shape index (κ3) is 3.71. The molecular formula is C14H18N2O5. The van der Waals surface area contributed by atoms with Crippen molar-refractivity contribution in [3.05, 3.63) is 24.1 Å². The molecule has 0 radical (unpaired) electrons. The Bertz CT molecular complexity index is 584. The molecule has 1 unspecified atom stereocenters. The molecule has 1 heterocycles. The van der Waals surface area contributed by atoms with Crippen molar-refractivity contribution in [2.24, 2.45) is 0 Å². The molecule has 0 aliphatic rings. The van der Waals surface area contributed by atoms with Gasteiger partial charge in [-0.3, -0.25) is 0 Å². The third-order valence-electron chi connectivity index (χ3n) is 2.88. The van der Waals surface area contributed by atoms with Crippen molar-refractivity contribution in [3.63, 3.8) is 0 Å². The highest BCUT2D eigenvalue weighted by molar-refractivity contribution is 5.60. The van der Waals surface area contributed by atoms with E-state index in [1.165, 1.54) is 7.11 Å². The molecule has 7 nitrogen and oxygen atoms in total. The number of nitrogens with zero attached hydrogens (tertiary/aromatic N) is 2. The third-order valence-corrected chi connectivity index (χ3v) is 2.88. The zero-order valence-corrected chi connectivity index (χ0v) is 12.2. The Balaban J connectivity index is 2.17. The molecule has 1 aromatic carbocycles. The number of ether oxygens (including phenoxy) is 3. The van der Waals surface area contributed by atoms with E-state index in [0.29, 0.717) is 23.2 Å². The lowest BCUT2D eigenvalue weighted by Crippen LogP contribution is -2.17. The van der Waals surface area contributed by atoms with Gasteiger partial charge >= 0.3 is 0 Å². The Kier molecular flexibility index (Phi) is 5.13. The van der Waals surface area contributed by atoms with E-state index in [1.54, 1.807) is 26.4 Å². The molecule has 0 amide bonds. The zero-order valence-electron chi connectivity index (χ0n) is 12.2. The second-order valence-electron chi connectivity index (χ2n) is 4.39. The number of benzene rings is 1. The molecule has 0 saturated carbocycles. The lowest BCUT2D eigenvalue weighted by Gasteiger charge is -2.07. The highest BCUT2D eigenvalue weighted by Gasteiger charge is 2.14. The molecule has 1 aromatic heterocycles. The number of aliphatic hydroxyl groups is 1. The van der Waals surface area contributed by atoms with E-state index in [-0.39, 0.29) is 13.0 Å². The molecule has 1 N–H and O–H groups in total. The van der Waals surface area contributed by atoms with Crippen LogP contribution in [0.3, 0.4) is 0 Å². The smallest absolute Gasteiger partial charge is 0.229 e. The highest BCUT2D eigenvalue weighted by atomic mass is 16.5. The fraction of sp³-hybridized carbons (Fsp3) is 0.429. The van der Waals surface area contributed by atoms with Gasteiger partial charge in [0.2, 0.25) is 11.7 Å². The van der Waals surface area contributed by atoms with Crippen LogP contribution in [0, 0.1) is 0 Å². The van der Waals surface area contributed by atoms with Crippen LogP contribution >= 0.6 is 0 Å². The lowest BCUT2D eigenvalue weighted by molar-refractivity contribution is 0.0599. The topological polar surface area (TPSA) is 86.8 Å². The first kappa shape index (κ1) is 15.3. The van der Waals surface area contributed by atoms with E-state index in [9.17, 15) is 5.11 Å². The molecule has 0 spiro atoms. The summed E-state index contributed by atoms with van der Waals surface area (Å²) < 4.78 is 20.4. The van der Waals surface area contributed by atoms with Gasteiger partial charge in [-0.25, -0.2) is 0 Å². The van der Waals surface area contributed by atoms with Gasteiger partial charge in [-0.1, -0.05) is 5.16 Å². The Morgan fingerprint density at radius 1 is 1.19 bits per heavy atom. The second kappa shape index (κ2) is 7.05. The number of rotatable bonds is 7. The SMILES string of the molecule is COCC(O)Cc1nc(-c2ccc(OC)c(OC)c2)no1. The lowest BCUT2D eigenvalue weighted by atomic mass is 10.2. The van der Waals surface area contributed by atoms with Crippen LogP contribution in [0.4, 0.5) is 0 Å². The fourth-order valence-corrected chi connectivity index (χ4v) is 1.88. The molecule has 2 rings (SSSR count). The Morgan fingerprint density at radius 2 is 1.95 bits per heavy atom. The predicted molar refractivity (Wildman–Crippen MR) is 74.4 cm³/mol. The van der Waals surface area contributed by atoms with Crippen molar-refractivity contribution < 1.29 is 23.8 Å². The molecule has 0 fully saturated rings. The average Bonchev–Trinajstić information content (AvgIpc) is 2.95. The first-order valence-corrected chi connectivity index (χ1v) is 6.40. The average molecular weight is 294 g/mol. The molecule has 0 bridgehead atoms. The summed E-state index contributed by atoms with van der Waals surface area (Å²) in [5.74, 6) is 1.99. The van der Waals surface area contributed by atoms with Crippen LogP contribution in [0.5, 0.6) is 11.5 Å². The molecule has 1 atom stereocenters. The molecule has 21 heavy (non-hydrogen) atoms. The van der Waals surface area contributed by atoms with E-state index in [0.717, 1.165) is 5.56 Å². The summed E-state index contributed by atoms with van der Waals surface area (Å²) in [5.41, 5.74) is 0.740. The summed E-state index contributed by atoms with van der Waals surface area (Å²) in [7, 11) is 4.65. The number of aliphatic hydroxyl groups excluding tert-OH is 1. The van der Waals surface area contributed by atoms with Crippen molar-refractivity contribution >= 4 is 0 Å². The zero-order chi connectivity index (χ0) is 15.2. The predicted octanol–water partition coefficient (Wildman–Crippen LogP) is 1.30. The van der Waals surface area contributed by atoms with Crippen LogP contribution in [0.15, 0.2) is 22.7 Å². The van der Waals surface area contributed by atoms with Crippen molar-refractivity contribution in [2.45, 2.75) is 12.5 Å². The summed E-state index contributed by atoms with van der Waals surface area (Å²) in [6, 6.07) is 5.34. The Morgan fingerprint density at radius 3 is 2.62 bits per heavy atom. The van der Waals surface area contributed by atoms with Gasteiger partial charge in [0, 0.05) is 12.7 Å². The van der Waals surface area contributed by atoms with Crippen molar-refractivity contribution in [2.75, 3.05) is 27.9 Å². The number of aromatic nitrogens is 2. The summed E-state index contributed by atoms with van der Waals surface area (Å²) in [6.45, 7) is 0.216. The normalized spacial score (nSPS) is 12.2. The minimum absolute atomic E-state index is 0.216. The van der Waals surface area contributed by atoms with Crippen molar-refractivity contribution in [3.8, 4) is 22.9 Å². The summed E-state index contributed by atoms with van der Waals surface area (Å²) >= 11 is 0. The Labute approximate surface area is 122 Å². The molecular weight excluding hydrogens is 276 g/mol. The van der Waals surface area contributed by atoms with Crippen molar-refractivity contribution in [1.29, 1.82) is 0 Å². The molecule has 0 aliphatic carbocycles. The second-order valence-corrected chi connectivity index (χ2v) is 4.39. The van der Waals surface area contributed by atoms with E-state index in [4.69, 9.17) is 18.7 Å². The largest absolute Gasteiger partial charge is 0.493 e. The minimum atomic E-state index is -0.672. The standard InChI is InChI=1S/C14H18N2O5/c1-18-8-10(17)7-13-15-14(16-21-13)9-4-5-11(19-2)12(6-9)20-3/h4-6,10,17H,7-8H2,1-3H3. The molecule has 114 valence electrons. The van der Waals surface area contributed by atoms with Gasteiger partial charge in [-0.15, -0.1) is 0 Å². The molecule has 0 aliphatic heterocycles. The number of methoxy groups -OCH3 is 3. The molecule has 0 saturated heterocycles. The first-order valence-electron chi connectivity index (χ1n) is 6.40. The monoisotopic (exact) mass is 294 g/mol. The molecule has 7 heteroatoms. The van der Waals surface area contributed by atoms with E-state index < -0.39 is 6.10 Å². The Hall–Kier alpha value is -2.12. The van der Waals surface area contributed by atoms with Gasteiger partial charge in [-0.2, -0.15) is 4.98 Å². The van der Waals surface area contributed by atoms with E-state index in [2.05, 4.69) is 10.1 Å². The highest BCUT2D eigenvalue weighted by Crippen LogP contribution is 2.31. The number of hydrogen-bond acceptors (Lipinski definition) is 7. The maximum absolute atomic E-state index is 9.64. The van der Waals surface area contributed by atoms with Gasteiger partial charge in [0.15, 0.2) is 11.5 Å². The van der Waals surface area contributed by atoms with Crippen molar-refractivity contribution in [1.82, 2.24) is 10.1 Å². The quantitative estimate of drug-likeness (QED) is 0.823. The maximum atomic E-state index is 9.64. The van der Waals surface area contributed by atoms with Crippen LogP contribution < -0.4 is 9.47 Å². The maximum Gasteiger partial charge on any atom is 0.229 e.